The van der Waals surface area contributed by atoms with Crippen LogP contribution in [-0.4, -0.2) is 83.4 Å². The summed E-state index contributed by atoms with van der Waals surface area (Å²) in [7, 11) is 0. The molecular weight excluding hydrogens is 296 g/mol. The smallest absolute Gasteiger partial charge is 0.330 e. The summed E-state index contributed by atoms with van der Waals surface area (Å²) in [5.74, 6) is -0.935. The molecule has 0 spiro atoms. The van der Waals surface area contributed by atoms with Crippen LogP contribution in [-0.2, 0) is 14.3 Å². The van der Waals surface area contributed by atoms with Gasteiger partial charge in [-0.05, 0) is 20.8 Å². The second-order valence-electron chi connectivity index (χ2n) is 4.32. The molecule has 0 rings (SSSR count). The molecule has 0 aliphatic rings. The van der Waals surface area contributed by atoms with E-state index in [1.807, 2.05) is 0 Å². The van der Waals surface area contributed by atoms with Gasteiger partial charge in [-0.15, -0.1) is 0 Å². The van der Waals surface area contributed by atoms with Gasteiger partial charge in [-0.2, -0.15) is 0 Å². The Morgan fingerprint density at radius 3 is 1.77 bits per heavy atom. The van der Waals surface area contributed by atoms with Gasteiger partial charge in [-0.3, -0.25) is 0 Å². The Balaban J connectivity index is -0.000000252. The number of carboxylic acid groups (broad SMARTS) is 1. The van der Waals surface area contributed by atoms with E-state index in [0.717, 1.165) is 0 Å². The highest BCUT2D eigenvalue weighted by molar-refractivity contribution is 5.84. The third-order valence-corrected chi connectivity index (χ3v) is 1.72. The zero-order chi connectivity index (χ0) is 18.0. The van der Waals surface area contributed by atoms with Crippen molar-refractivity contribution in [2.45, 2.75) is 33.0 Å². The van der Waals surface area contributed by atoms with E-state index in [0.29, 0.717) is 19.8 Å². The van der Waals surface area contributed by atoms with Gasteiger partial charge in [-0.25, -0.2) is 4.79 Å². The summed E-state index contributed by atoms with van der Waals surface area (Å²) in [6.45, 7) is 8.99. The Hall–Kier alpha value is -1.03. The van der Waals surface area contributed by atoms with Gasteiger partial charge in [0.1, 0.15) is 0 Å². The first-order valence-corrected chi connectivity index (χ1v) is 6.81. The van der Waals surface area contributed by atoms with Gasteiger partial charge in [0.15, 0.2) is 0 Å². The Morgan fingerprint density at radius 2 is 1.55 bits per heavy atom. The monoisotopic (exact) mass is 326 g/mol. The molecule has 8 heteroatoms. The molecule has 0 aliphatic heterocycles. The van der Waals surface area contributed by atoms with Gasteiger partial charge in [0.2, 0.25) is 0 Å². The predicted octanol–water partition coefficient (Wildman–Crippen LogP) is -0.601. The lowest BCUT2D eigenvalue weighted by molar-refractivity contribution is -0.132. The summed E-state index contributed by atoms with van der Waals surface area (Å²) in [6.07, 6.45) is -0.612. The number of aliphatic hydroxyl groups is 4. The van der Waals surface area contributed by atoms with Crippen molar-refractivity contribution in [2.75, 3.05) is 39.6 Å². The maximum absolute atomic E-state index is 9.60. The van der Waals surface area contributed by atoms with Crippen molar-refractivity contribution in [3.63, 3.8) is 0 Å². The Bertz CT molecular complexity index is 239. The number of carbonyl (C=O) groups is 1. The van der Waals surface area contributed by atoms with Gasteiger partial charge in [0, 0.05) is 5.57 Å². The lowest BCUT2D eigenvalue weighted by Gasteiger charge is -2.10. The van der Waals surface area contributed by atoms with Crippen LogP contribution >= 0.6 is 0 Å². The molecule has 0 heterocycles. The van der Waals surface area contributed by atoms with E-state index in [9.17, 15) is 4.79 Å². The second kappa shape index (κ2) is 20.0. The predicted molar refractivity (Wildman–Crippen MR) is 81.6 cm³/mol. The van der Waals surface area contributed by atoms with Crippen LogP contribution in [0.5, 0.6) is 0 Å². The molecule has 134 valence electrons. The summed E-state index contributed by atoms with van der Waals surface area (Å²) < 4.78 is 9.58. The van der Waals surface area contributed by atoms with Crippen molar-refractivity contribution in [2.24, 2.45) is 0 Å². The normalized spacial score (nSPS) is 12.1. The quantitative estimate of drug-likeness (QED) is 0.280. The van der Waals surface area contributed by atoms with Crippen LogP contribution in [0.4, 0.5) is 0 Å². The molecule has 0 aromatic heterocycles. The molecule has 0 radical (unpaired) electrons. The summed E-state index contributed by atoms with van der Waals surface area (Å²) in [4.78, 5) is 9.60. The topological polar surface area (TPSA) is 137 Å². The van der Waals surface area contributed by atoms with Crippen LogP contribution in [0.15, 0.2) is 12.2 Å². The van der Waals surface area contributed by atoms with Gasteiger partial charge in [-0.1, -0.05) is 6.58 Å². The highest BCUT2D eigenvalue weighted by Gasteiger charge is 2.00. The maximum Gasteiger partial charge on any atom is 0.330 e. The molecule has 2 atom stereocenters. The third-order valence-electron chi connectivity index (χ3n) is 1.72. The highest BCUT2D eigenvalue weighted by Crippen LogP contribution is 1.90. The van der Waals surface area contributed by atoms with Crippen molar-refractivity contribution in [1.29, 1.82) is 0 Å². The molecule has 8 nitrogen and oxygen atoms in total. The summed E-state index contributed by atoms with van der Waals surface area (Å²) in [5, 5.41) is 41.2. The molecule has 0 fully saturated rings. The van der Waals surface area contributed by atoms with Gasteiger partial charge >= 0.3 is 5.97 Å². The molecule has 22 heavy (non-hydrogen) atoms. The molecule has 0 amide bonds. The fourth-order valence-electron chi connectivity index (χ4n) is 0.587. The molecule has 0 aromatic rings. The van der Waals surface area contributed by atoms with E-state index in [1.165, 1.54) is 6.92 Å². The fraction of sp³-hybridized carbons (Fsp3) is 0.786. The Morgan fingerprint density at radius 1 is 1.14 bits per heavy atom. The minimum atomic E-state index is -0.935. The zero-order valence-corrected chi connectivity index (χ0v) is 13.6. The van der Waals surface area contributed by atoms with Crippen molar-refractivity contribution in [3.8, 4) is 0 Å². The van der Waals surface area contributed by atoms with Crippen LogP contribution in [0.25, 0.3) is 0 Å². The van der Waals surface area contributed by atoms with E-state index in [-0.39, 0.29) is 31.5 Å². The van der Waals surface area contributed by atoms with Crippen LogP contribution < -0.4 is 0 Å². The lowest BCUT2D eigenvalue weighted by Crippen LogP contribution is -2.19. The van der Waals surface area contributed by atoms with Gasteiger partial charge < -0.3 is 35.0 Å². The molecular formula is C14H30O8. The van der Waals surface area contributed by atoms with Gasteiger partial charge in [0.05, 0.1) is 51.8 Å². The maximum atomic E-state index is 9.60. The van der Waals surface area contributed by atoms with Crippen LogP contribution in [0.2, 0.25) is 0 Å². The lowest BCUT2D eigenvalue weighted by atomic mass is 10.4. The summed E-state index contributed by atoms with van der Waals surface area (Å²) in [6, 6.07) is 0. The highest BCUT2D eigenvalue weighted by atomic mass is 16.5. The first kappa shape index (κ1) is 25.9. The van der Waals surface area contributed by atoms with E-state index in [1.54, 1.807) is 13.8 Å². The van der Waals surface area contributed by atoms with Crippen LogP contribution in [0.1, 0.15) is 20.8 Å². The van der Waals surface area contributed by atoms with E-state index in [2.05, 4.69) is 11.3 Å². The Kier molecular flexibility index (Phi) is 23.5. The van der Waals surface area contributed by atoms with Crippen LogP contribution in [0.3, 0.4) is 0 Å². The van der Waals surface area contributed by atoms with E-state index in [4.69, 9.17) is 30.3 Å². The number of hydrogen-bond acceptors (Lipinski definition) is 7. The molecule has 0 saturated carbocycles. The summed E-state index contributed by atoms with van der Waals surface area (Å²) >= 11 is 0. The number of hydrogen-bond donors (Lipinski definition) is 5. The molecule has 5 N–H and O–H groups in total. The van der Waals surface area contributed by atoms with Crippen LogP contribution in [0, 0.1) is 0 Å². The van der Waals surface area contributed by atoms with Gasteiger partial charge in [0.25, 0.3) is 0 Å². The number of ether oxygens (including phenoxy) is 2. The first-order valence-electron chi connectivity index (χ1n) is 6.81. The summed E-state index contributed by atoms with van der Waals surface area (Å²) in [5.41, 5.74) is 0.176. The first-order chi connectivity index (χ1) is 10.2. The molecule has 0 aliphatic carbocycles. The molecule has 0 saturated heterocycles. The van der Waals surface area contributed by atoms with E-state index >= 15 is 0 Å². The average Bonchev–Trinajstić information content (AvgIpc) is 2.46. The number of aliphatic hydroxyl groups excluding tert-OH is 4. The number of carboxylic acids is 1. The Labute approximate surface area is 131 Å². The fourth-order valence-corrected chi connectivity index (χ4v) is 0.587. The SMILES string of the molecule is C=C(C)C(=O)O.CC(O)COC(C)CO.OCCOCCO. The molecule has 2 unspecified atom stereocenters. The largest absolute Gasteiger partial charge is 0.478 e. The molecule has 0 bridgehead atoms. The van der Waals surface area contributed by atoms with Crippen molar-refractivity contribution >= 4 is 5.97 Å². The average molecular weight is 326 g/mol. The van der Waals surface area contributed by atoms with E-state index < -0.39 is 12.1 Å². The molecule has 0 aromatic carbocycles. The van der Waals surface area contributed by atoms with Crippen molar-refractivity contribution < 1.29 is 39.8 Å². The number of aliphatic carboxylic acids is 1. The van der Waals surface area contributed by atoms with Crippen molar-refractivity contribution in [3.05, 3.63) is 12.2 Å². The third kappa shape index (κ3) is 31.4. The second-order valence-corrected chi connectivity index (χ2v) is 4.32. The number of rotatable bonds is 9. The van der Waals surface area contributed by atoms with Crippen molar-refractivity contribution in [1.82, 2.24) is 0 Å². The standard InChI is InChI=1S/C6H14O3.C4H10O3.C4H6O2/c1-5(8)4-9-6(2)3-7;5-1-3-7-4-2-6;1-3(2)4(5)6/h5-8H,3-4H2,1-2H3;5-6H,1-4H2;1H2,2H3,(H,5,6). The minimum Gasteiger partial charge on any atom is -0.478 e. The zero-order valence-electron chi connectivity index (χ0n) is 13.6. The minimum absolute atomic E-state index is 0.00667.